The molecule has 18 heavy (non-hydrogen) atoms. The molecule has 4 heteroatoms. The molecule has 98 valence electrons. The van der Waals surface area contributed by atoms with E-state index in [1.165, 1.54) is 12.5 Å². The molecule has 1 aliphatic rings. The van der Waals surface area contributed by atoms with Gasteiger partial charge in [-0.2, -0.15) is 0 Å². The highest BCUT2D eigenvalue weighted by Crippen LogP contribution is 2.31. The molecule has 0 aromatic carbocycles. The summed E-state index contributed by atoms with van der Waals surface area (Å²) in [6.45, 7) is 6.48. The van der Waals surface area contributed by atoms with Gasteiger partial charge in [0.25, 0.3) is 0 Å². The molecule has 0 unspecified atom stereocenters. The summed E-state index contributed by atoms with van der Waals surface area (Å²) in [6, 6.07) is 5.19. The number of aromatic carboxylic acids is 1. The monoisotopic (exact) mass is 248 g/mol. The molecular formula is C14H20N2O2. The van der Waals surface area contributed by atoms with E-state index in [1.807, 2.05) is 6.07 Å². The second-order valence-corrected chi connectivity index (χ2v) is 5.69. The first-order valence-electron chi connectivity index (χ1n) is 6.43. The number of carboxylic acids is 1. The number of carboxylic acid groups (broad SMARTS) is 1. The standard InChI is InChI=1S/C14H20N2O2/c1-14(2)7-4-9-16(10-8-14)12-6-3-5-11(15-12)13(17)18/h3,5-6H,4,7-10H2,1-2H3,(H,17,18). The Hall–Kier alpha value is -1.58. The Balaban J connectivity index is 2.16. The first kappa shape index (κ1) is 12.9. The number of anilines is 1. The van der Waals surface area contributed by atoms with Gasteiger partial charge < -0.3 is 10.0 Å². The van der Waals surface area contributed by atoms with E-state index >= 15 is 0 Å². The van der Waals surface area contributed by atoms with Gasteiger partial charge in [-0.15, -0.1) is 0 Å². The van der Waals surface area contributed by atoms with E-state index in [0.717, 1.165) is 31.7 Å². The van der Waals surface area contributed by atoms with Crippen LogP contribution in [0.3, 0.4) is 0 Å². The Kier molecular flexibility index (Phi) is 3.55. The molecular weight excluding hydrogens is 228 g/mol. The van der Waals surface area contributed by atoms with Gasteiger partial charge in [0.2, 0.25) is 0 Å². The third-order valence-corrected chi connectivity index (χ3v) is 3.62. The van der Waals surface area contributed by atoms with Crippen LogP contribution in [-0.4, -0.2) is 29.1 Å². The zero-order valence-electron chi connectivity index (χ0n) is 11.0. The lowest BCUT2D eigenvalue weighted by atomic mass is 9.85. The van der Waals surface area contributed by atoms with E-state index < -0.39 is 5.97 Å². The number of carbonyl (C=O) groups is 1. The normalized spacial score (nSPS) is 19.3. The first-order valence-corrected chi connectivity index (χ1v) is 6.43. The molecule has 1 N–H and O–H groups in total. The van der Waals surface area contributed by atoms with Crippen molar-refractivity contribution in [3.8, 4) is 0 Å². The Morgan fingerprint density at radius 1 is 1.33 bits per heavy atom. The zero-order valence-corrected chi connectivity index (χ0v) is 11.0. The molecule has 0 amide bonds. The average Bonchev–Trinajstić information content (AvgIpc) is 2.50. The van der Waals surface area contributed by atoms with Crippen LogP contribution in [-0.2, 0) is 0 Å². The predicted molar refractivity (Wildman–Crippen MR) is 71.0 cm³/mol. The SMILES string of the molecule is CC1(C)CCCN(c2cccc(C(=O)O)n2)CC1. The molecule has 1 aromatic heterocycles. The highest BCUT2D eigenvalue weighted by Gasteiger charge is 2.23. The van der Waals surface area contributed by atoms with Gasteiger partial charge >= 0.3 is 5.97 Å². The third kappa shape index (κ3) is 3.00. The predicted octanol–water partition coefficient (Wildman–Crippen LogP) is 2.80. The zero-order chi connectivity index (χ0) is 13.2. The maximum absolute atomic E-state index is 10.9. The van der Waals surface area contributed by atoms with Crippen molar-refractivity contribution in [1.29, 1.82) is 0 Å². The van der Waals surface area contributed by atoms with Crippen LogP contribution in [0.1, 0.15) is 43.6 Å². The van der Waals surface area contributed by atoms with E-state index in [4.69, 9.17) is 5.11 Å². The molecule has 2 heterocycles. The highest BCUT2D eigenvalue weighted by atomic mass is 16.4. The second kappa shape index (κ2) is 4.96. The molecule has 0 radical (unpaired) electrons. The number of pyridine rings is 1. The Labute approximate surface area is 108 Å². The van der Waals surface area contributed by atoms with Gasteiger partial charge in [0, 0.05) is 13.1 Å². The molecule has 1 saturated heterocycles. The number of rotatable bonds is 2. The maximum atomic E-state index is 10.9. The largest absolute Gasteiger partial charge is 0.477 e. The van der Waals surface area contributed by atoms with Gasteiger partial charge in [0.15, 0.2) is 5.69 Å². The van der Waals surface area contributed by atoms with Gasteiger partial charge in [0.05, 0.1) is 0 Å². The van der Waals surface area contributed by atoms with Crippen molar-refractivity contribution in [2.24, 2.45) is 5.41 Å². The van der Waals surface area contributed by atoms with Crippen LogP contribution in [0.5, 0.6) is 0 Å². The van der Waals surface area contributed by atoms with Gasteiger partial charge in [-0.05, 0) is 36.8 Å². The molecule has 0 spiro atoms. The summed E-state index contributed by atoms with van der Waals surface area (Å²) in [5, 5.41) is 8.97. The summed E-state index contributed by atoms with van der Waals surface area (Å²) >= 11 is 0. The van der Waals surface area contributed by atoms with Crippen molar-refractivity contribution in [2.45, 2.75) is 33.1 Å². The fraction of sp³-hybridized carbons (Fsp3) is 0.571. The van der Waals surface area contributed by atoms with Crippen molar-refractivity contribution >= 4 is 11.8 Å². The van der Waals surface area contributed by atoms with Crippen molar-refractivity contribution in [3.05, 3.63) is 23.9 Å². The molecule has 1 aromatic rings. The van der Waals surface area contributed by atoms with Crippen LogP contribution in [0, 0.1) is 5.41 Å². The van der Waals surface area contributed by atoms with E-state index in [-0.39, 0.29) is 5.69 Å². The summed E-state index contributed by atoms with van der Waals surface area (Å²) in [5.74, 6) is -0.181. The quantitative estimate of drug-likeness (QED) is 0.874. The number of hydrogen-bond acceptors (Lipinski definition) is 3. The topological polar surface area (TPSA) is 53.4 Å². The average molecular weight is 248 g/mol. The van der Waals surface area contributed by atoms with E-state index in [1.54, 1.807) is 6.07 Å². The van der Waals surface area contributed by atoms with Gasteiger partial charge in [-0.25, -0.2) is 9.78 Å². The van der Waals surface area contributed by atoms with Gasteiger partial charge in [0.1, 0.15) is 5.82 Å². The van der Waals surface area contributed by atoms with E-state index in [2.05, 4.69) is 23.7 Å². The van der Waals surface area contributed by atoms with Crippen molar-refractivity contribution < 1.29 is 9.90 Å². The highest BCUT2D eigenvalue weighted by molar-refractivity contribution is 5.85. The number of aromatic nitrogens is 1. The third-order valence-electron chi connectivity index (χ3n) is 3.62. The van der Waals surface area contributed by atoms with E-state index in [0.29, 0.717) is 5.41 Å². The summed E-state index contributed by atoms with van der Waals surface area (Å²) in [6.07, 6.45) is 3.46. The smallest absolute Gasteiger partial charge is 0.354 e. The van der Waals surface area contributed by atoms with Crippen LogP contribution < -0.4 is 4.90 Å². The fourth-order valence-electron chi connectivity index (χ4n) is 2.37. The molecule has 0 atom stereocenters. The summed E-state index contributed by atoms with van der Waals surface area (Å²) < 4.78 is 0. The minimum absolute atomic E-state index is 0.121. The van der Waals surface area contributed by atoms with Crippen LogP contribution in [0.25, 0.3) is 0 Å². The second-order valence-electron chi connectivity index (χ2n) is 5.69. The van der Waals surface area contributed by atoms with Crippen molar-refractivity contribution in [3.63, 3.8) is 0 Å². The van der Waals surface area contributed by atoms with Gasteiger partial charge in [-0.1, -0.05) is 19.9 Å². The molecule has 0 saturated carbocycles. The fourth-order valence-corrected chi connectivity index (χ4v) is 2.37. The minimum atomic E-state index is -0.966. The summed E-state index contributed by atoms with van der Waals surface area (Å²) in [5.41, 5.74) is 0.495. The van der Waals surface area contributed by atoms with Crippen LogP contribution in [0.2, 0.25) is 0 Å². The molecule has 0 bridgehead atoms. The summed E-state index contributed by atoms with van der Waals surface area (Å²) in [7, 11) is 0. The molecule has 0 aliphatic carbocycles. The number of hydrogen-bond donors (Lipinski definition) is 1. The lowest BCUT2D eigenvalue weighted by Gasteiger charge is -2.24. The Morgan fingerprint density at radius 2 is 2.11 bits per heavy atom. The molecule has 4 nitrogen and oxygen atoms in total. The van der Waals surface area contributed by atoms with Crippen LogP contribution >= 0.6 is 0 Å². The van der Waals surface area contributed by atoms with Gasteiger partial charge in [-0.3, -0.25) is 0 Å². The lowest BCUT2D eigenvalue weighted by molar-refractivity contribution is 0.0690. The van der Waals surface area contributed by atoms with Crippen LogP contribution in [0.4, 0.5) is 5.82 Å². The Bertz CT molecular complexity index is 443. The Morgan fingerprint density at radius 3 is 2.83 bits per heavy atom. The summed E-state index contributed by atoms with van der Waals surface area (Å²) in [4.78, 5) is 17.3. The first-order chi connectivity index (χ1) is 8.48. The maximum Gasteiger partial charge on any atom is 0.354 e. The minimum Gasteiger partial charge on any atom is -0.477 e. The molecule has 1 fully saturated rings. The van der Waals surface area contributed by atoms with E-state index in [9.17, 15) is 4.79 Å². The molecule has 1 aliphatic heterocycles. The van der Waals surface area contributed by atoms with Crippen molar-refractivity contribution in [1.82, 2.24) is 4.98 Å². The number of nitrogens with zero attached hydrogens (tertiary/aromatic N) is 2. The molecule has 2 rings (SSSR count). The van der Waals surface area contributed by atoms with Crippen molar-refractivity contribution in [2.75, 3.05) is 18.0 Å². The lowest BCUT2D eigenvalue weighted by Crippen LogP contribution is -2.26. The van der Waals surface area contributed by atoms with Crippen LogP contribution in [0.15, 0.2) is 18.2 Å².